The van der Waals surface area contributed by atoms with Crippen molar-refractivity contribution in [2.45, 2.75) is 6.92 Å². The largest absolute Gasteiger partial charge is 0.402 e. The molecule has 0 bridgehead atoms. The first-order chi connectivity index (χ1) is 7.07. The van der Waals surface area contributed by atoms with E-state index in [1.807, 2.05) is 25.1 Å². The summed E-state index contributed by atoms with van der Waals surface area (Å²) < 4.78 is 0. The lowest BCUT2D eigenvalue weighted by atomic mass is 9.93. The van der Waals surface area contributed by atoms with Crippen molar-refractivity contribution in [2.24, 2.45) is 11.7 Å². The highest BCUT2D eigenvalue weighted by Gasteiger charge is 2.19. The summed E-state index contributed by atoms with van der Waals surface area (Å²) in [4.78, 5) is 12.0. The third-order valence-corrected chi connectivity index (χ3v) is 2.33. The lowest BCUT2D eigenvalue weighted by molar-refractivity contribution is 0.0960. The van der Waals surface area contributed by atoms with Crippen LogP contribution in [-0.4, -0.2) is 5.78 Å². The van der Waals surface area contributed by atoms with Gasteiger partial charge in [-0.25, -0.2) is 0 Å². The number of nitrogens with two attached hydrogens (primary N) is 1. The monoisotopic (exact) mass is 201 g/mol. The fourth-order valence-corrected chi connectivity index (χ4v) is 1.44. The van der Waals surface area contributed by atoms with Crippen LogP contribution in [0.15, 0.2) is 49.2 Å². The van der Waals surface area contributed by atoms with Crippen molar-refractivity contribution < 1.29 is 4.79 Å². The van der Waals surface area contributed by atoms with Crippen molar-refractivity contribution in [2.75, 3.05) is 0 Å². The summed E-state index contributed by atoms with van der Waals surface area (Å²) in [6, 6.07) is 7.41. The molecule has 0 fully saturated rings. The van der Waals surface area contributed by atoms with E-state index in [2.05, 4.69) is 13.2 Å². The Hall–Kier alpha value is -1.83. The summed E-state index contributed by atoms with van der Waals surface area (Å²) in [6.07, 6.45) is 1.52. The molecule has 0 spiro atoms. The standard InChI is InChI=1S/C13H15NO/c1-4-11(10(3)14)13(15)12-8-6-5-7-9(12)2/h4-8,11H,1,3,14H2,2H3. The third-order valence-electron chi connectivity index (χ3n) is 2.33. The number of Topliss-reactive ketones (excluding diaryl/α,β-unsaturated/α-hetero) is 1. The van der Waals surface area contributed by atoms with Gasteiger partial charge in [-0.05, 0) is 12.5 Å². The molecule has 2 heteroatoms. The van der Waals surface area contributed by atoms with E-state index in [1.54, 1.807) is 6.07 Å². The molecule has 1 unspecified atom stereocenters. The van der Waals surface area contributed by atoms with Gasteiger partial charge in [-0.3, -0.25) is 4.79 Å². The van der Waals surface area contributed by atoms with Crippen LogP contribution >= 0.6 is 0 Å². The molecule has 0 heterocycles. The minimum Gasteiger partial charge on any atom is -0.402 e. The Balaban J connectivity index is 3.09. The van der Waals surface area contributed by atoms with Crippen molar-refractivity contribution in [3.63, 3.8) is 0 Å². The molecular weight excluding hydrogens is 186 g/mol. The predicted octanol–water partition coefficient (Wildman–Crippen LogP) is 2.45. The number of carbonyl (C=O) groups is 1. The zero-order valence-electron chi connectivity index (χ0n) is 8.86. The van der Waals surface area contributed by atoms with Gasteiger partial charge >= 0.3 is 0 Å². The van der Waals surface area contributed by atoms with Crippen LogP contribution in [0.3, 0.4) is 0 Å². The molecule has 15 heavy (non-hydrogen) atoms. The fourth-order valence-electron chi connectivity index (χ4n) is 1.44. The topological polar surface area (TPSA) is 43.1 Å². The summed E-state index contributed by atoms with van der Waals surface area (Å²) in [5, 5.41) is 0. The Morgan fingerprint density at radius 1 is 1.47 bits per heavy atom. The predicted molar refractivity (Wildman–Crippen MR) is 62.5 cm³/mol. The molecule has 1 aromatic carbocycles. The Labute approximate surface area is 90.1 Å². The quantitative estimate of drug-likeness (QED) is 0.600. The Morgan fingerprint density at radius 2 is 2.07 bits per heavy atom. The molecule has 0 radical (unpaired) electrons. The highest BCUT2D eigenvalue weighted by atomic mass is 16.1. The summed E-state index contributed by atoms with van der Waals surface area (Å²) in [5.41, 5.74) is 7.50. The molecule has 2 N–H and O–H groups in total. The maximum absolute atomic E-state index is 12.0. The summed E-state index contributed by atoms with van der Waals surface area (Å²) >= 11 is 0. The Bertz CT molecular complexity index is 407. The number of hydrogen-bond acceptors (Lipinski definition) is 2. The Kier molecular flexibility index (Phi) is 3.45. The Morgan fingerprint density at radius 3 is 2.53 bits per heavy atom. The highest BCUT2D eigenvalue weighted by molar-refractivity contribution is 6.01. The molecule has 0 amide bonds. The van der Waals surface area contributed by atoms with Crippen LogP contribution in [-0.2, 0) is 0 Å². The number of rotatable bonds is 4. The van der Waals surface area contributed by atoms with E-state index in [9.17, 15) is 4.79 Å². The zero-order valence-corrected chi connectivity index (χ0v) is 8.86. The molecule has 0 aromatic heterocycles. The number of hydrogen-bond donors (Lipinski definition) is 1. The first kappa shape index (κ1) is 11.2. The zero-order chi connectivity index (χ0) is 11.4. The van der Waals surface area contributed by atoms with Crippen LogP contribution in [0.2, 0.25) is 0 Å². The maximum Gasteiger partial charge on any atom is 0.175 e. The number of allylic oxidation sites excluding steroid dienone is 1. The van der Waals surface area contributed by atoms with E-state index >= 15 is 0 Å². The van der Waals surface area contributed by atoms with E-state index < -0.39 is 5.92 Å². The molecule has 1 aromatic rings. The van der Waals surface area contributed by atoms with Crippen LogP contribution in [0.25, 0.3) is 0 Å². The molecule has 2 nitrogen and oxygen atoms in total. The van der Waals surface area contributed by atoms with Gasteiger partial charge in [-0.15, -0.1) is 6.58 Å². The molecule has 0 aliphatic carbocycles. The number of carbonyl (C=O) groups excluding carboxylic acids is 1. The van der Waals surface area contributed by atoms with Crippen molar-refractivity contribution in [3.8, 4) is 0 Å². The third kappa shape index (κ3) is 2.34. The van der Waals surface area contributed by atoms with Crippen LogP contribution in [0, 0.1) is 12.8 Å². The van der Waals surface area contributed by atoms with Gasteiger partial charge in [-0.1, -0.05) is 36.9 Å². The average molecular weight is 201 g/mol. The first-order valence-electron chi connectivity index (χ1n) is 4.74. The molecule has 1 rings (SSSR count). The molecule has 0 saturated heterocycles. The lowest BCUT2D eigenvalue weighted by Crippen LogP contribution is -2.19. The van der Waals surface area contributed by atoms with E-state index in [0.29, 0.717) is 11.3 Å². The van der Waals surface area contributed by atoms with E-state index in [1.165, 1.54) is 6.08 Å². The fraction of sp³-hybridized carbons (Fsp3) is 0.154. The molecule has 0 aliphatic rings. The van der Waals surface area contributed by atoms with E-state index in [4.69, 9.17) is 5.73 Å². The van der Waals surface area contributed by atoms with Gasteiger partial charge in [0.15, 0.2) is 5.78 Å². The van der Waals surface area contributed by atoms with Crippen molar-refractivity contribution in [1.29, 1.82) is 0 Å². The van der Waals surface area contributed by atoms with Gasteiger partial charge in [0.2, 0.25) is 0 Å². The first-order valence-corrected chi connectivity index (χ1v) is 4.74. The molecular formula is C13H15NO. The second kappa shape index (κ2) is 4.60. The number of ketones is 1. The summed E-state index contributed by atoms with van der Waals surface area (Å²) in [7, 11) is 0. The number of aryl methyl sites for hydroxylation is 1. The van der Waals surface area contributed by atoms with Gasteiger partial charge in [0.1, 0.15) is 0 Å². The van der Waals surface area contributed by atoms with Crippen LogP contribution in [0.5, 0.6) is 0 Å². The van der Waals surface area contributed by atoms with E-state index in [-0.39, 0.29) is 5.78 Å². The molecule has 0 saturated carbocycles. The van der Waals surface area contributed by atoms with Gasteiger partial charge < -0.3 is 5.73 Å². The molecule has 0 aliphatic heterocycles. The van der Waals surface area contributed by atoms with Crippen LogP contribution in [0.4, 0.5) is 0 Å². The van der Waals surface area contributed by atoms with Crippen LogP contribution < -0.4 is 5.73 Å². The second-order valence-corrected chi connectivity index (χ2v) is 3.47. The summed E-state index contributed by atoms with van der Waals surface area (Å²) in [6.45, 7) is 9.08. The maximum atomic E-state index is 12.0. The molecule has 78 valence electrons. The second-order valence-electron chi connectivity index (χ2n) is 3.47. The van der Waals surface area contributed by atoms with Crippen LogP contribution in [0.1, 0.15) is 15.9 Å². The van der Waals surface area contributed by atoms with Crippen molar-refractivity contribution in [3.05, 3.63) is 60.3 Å². The minimum atomic E-state index is -0.494. The average Bonchev–Trinajstić information content (AvgIpc) is 2.18. The van der Waals surface area contributed by atoms with Gasteiger partial charge in [0, 0.05) is 11.3 Å². The SMILES string of the molecule is C=CC(C(=C)N)C(=O)c1ccccc1C. The minimum absolute atomic E-state index is 0.0457. The van der Waals surface area contributed by atoms with Gasteiger partial charge in [0.25, 0.3) is 0 Å². The smallest absolute Gasteiger partial charge is 0.175 e. The van der Waals surface area contributed by atoms with Crippen molar-refractivity contribution in [1.82, 2.24) is 0 Å². The van der Waals surface area contributed by atoms with Crippen molar-refractivity contribution >= 4 is 5.78 Å². The highest BCUT2D eigenvalue weighted by Crippen LogP contribution is 2.17. The van der Waals surface area contributed by atoms with Gasteiger partial charge in [0.05, 0.1) is 5.92 Å². The number of benzene rings is 1. The lowest BCUT2D eigenvalue weighted by Gasteiger charge is -2.12. The summed E-state index contributed by atoms with van der Waals surface area (Å²) in [5.74, 6) is -0.540. The van der Waals surface area contributed by atoms with Gasteiger partial charge in [-0.2, -0.15) is 0 Å². The van der Waals surface area contributed by atoms with E-state index in [0.717, 1.165) is 5.56 Å². The normalized spacial score (nSPS) is 11.8. The molecule has 1 atom stereocenters.